The van der Waals surface area contributed by atoms with E-state index in [2.05, 4.69) is 0 Å². The van der Waals surface area contributed by atoms with E-state index in [-0.39, 0.29) is 0 Å². The van der Waals surface area contributed by atoms with Gasteiger partial charge in [-0.3, -0.25) is 0 Å². The molecule has 126 valence electrons. The molecule has 3 heteroatoms. The fourth-order valence-corrected chi connectivity index (χ4v) is 5.04. The molecular weight excluding hydrogens is 300 g/mol. The average Bonchev–Trinajstić information content (AvgIpc) is 3.19. The molecule has 24 heavy (non-hydrogen) atoms. The monoisotopic (exact) mass is 324 g/mol. The van der Waals surface area contributed by atoms with E-state index in [0.29, 0.717) is 6.61 Å². The molecule has 0 spiro atoms. The Labute approximate surface area is 143 Å². The van der Waals surface area contributed by atoms with Gasteiger partial charge in [0.25, 0.3) is 0 Å². The number of fused-ring (bicyclic) bond motifs is 1. The van der Waals surface area contributed by atoms with E-state index in [1.165, 1.54) is 0 Å². The Hall–Kier alpha value is -1.68. The van der Waals surface area contributed by atoms with E-state index in [9.17, 15) is 5.11 Å². The summed E-state index contributed by atoms with van der Waals surface area (Å²) in [6, 6.07) is 20.0. The van der Waals surface area contributed by atoms with Crippen LogP contribution >= 0.6 is 0 Å². The number of rotatable bonds is 4. The molecule has 1 saturated heterocycles. The van der Waals surface area contributed by atoms with Gasteiger partial charge >= 0.3 is 0 Å². The molecule has 0 radical (unpaired) electrons. The maximum Gasteiger partial charge on any atom is 0.176 e. The summed E-state index contributed by atoms with van der Waals surface area (Å²) in [6.45, 7) is 0.621. The minimum atomic E-state index is -1.14. The molecule has 0 amide bonds. The molecular formula is C21H24O3. The second-order valence-corrected chi connectivity index (χ2v) is 6.93. The summed E-state index contributed by atoms with van der Waals surface area (Å²) in [5.74, 6) is -0.715. The van der Waals surface area contributed by atoms with Crippen molar-refractivity contribution < 1.29 is 14.6 Å². The van der Waals surface area contributed by atoms with Crippen LogP contribution < -0.4 is 0 Å². The molecule has 1 heterocycles. The predicted octanol–water partition coefficient (Wildman–Crippen LogP) is 3.86. The van der Waals surface area contributed by atoms with Gasteiger partial charge in [-0.1, -0.05) is 60.7 Å². The van der Waals surface area contributed by atoms with Gasteiger partial charge in [-0.05, 0) is 30.4 Å². The highest BCUT2D eigenvalue weighted by atomic mass is 16.7. The molecule has 1 saturated carbocycles. The van der Waals surface area contributed by atoms with Crippen LogP contribution in [-0.4, -0.2) is 24.6 Å². The molecule has 1 N–H and O–H groups in total. The molecule has 4 rings (SSSR count). The van der Waals surface area contributed by atoms with Gasteiger partial charge in [-0.25, -0.2) is 0 Å². The summed E-state index contributed by atoms with van der Waals surface area (Å²) in [4.78, 5) is 0. The van der Waals surface area contributed by atoms with Crippen LogP contribution in [0.2, 0.25) is 0 Å². The second kappa shape index (κ2) is 5.69. The maximum absolute atomic E-state index is 12.3. The Kier molecular flexibility index (Phi) is 3.75. The zero-order chi connectivity index (χ0) is 16.7. The molecule has 2 atom stereocenters. The van der Waals surface area contributed by atoms with E-state index in [4.69, 9.17) is 9.47 Å². The molecule has 1 aliphatic carbocycles. The molecule has 2 fully saturated rings. The molecule has 2 aromatic carbocycles. The minimum absolute atomic E-state index is 0.475. The standard InChI is InChI=1S/C21H24O3/c1-23-20-14-8-13-19(20,15-16-24-20)21(22,17-9-4-2-5-10-17)18-11-6-3-7-12-18/h2-7,9-12,22H,8,13-16H2,1H3. The van der Waals surface area contributed by atoms with Gasteiger partial charge in [-0.2, -0.15) is 0 Å². The zero-order valence-corrected chi connectivity index (χ0v) is 14.1. The van der Waals surface area contributed by atoms with Gasteiger partial charge < -0.3 is 14.6 Å². The highest BCUT2D eigenvalue weighted by Gasteiger charge is 2.70. The third kappa shape index (κ3) is 1.89. The lowest BCUT2D eigenvalue weighted by Gasteiger charge is -2.50. The molecule has 2 aromatic rings. The van der Waals surface area contributed by atoms with Crippen molar-refractivity contribution >= 4 is 0 Å². The topological polar surface area (TPSA) is 38.7 Å². The third-order valence-corrected chi connectivity index (χ3v) is 6.11. The molecule has 1 aliphatic heterocycles. The van der Waals surface area contributed by atoms with Crippen molar-refractivity contribution in [3.8, 4) is 0 Å². The maximum atomic E-state index is 12.3. The third-order valence-electron chi connectivity index (χ3n) is 6.11. The van der Waals surface area contributed by atoms with E-state index in [1.807, 2.05) is 60.7 Å². The number of hydrogen-bond acceptors (Lipinski definition) is 3. The van der Waals surface area contributed by atoms with Crippen LogP contribution in [0.25, 0.3) is 0 Å². The van der Waals surface area contributed by atoms with Gasteiger partial charge in [0, 0.05) is 13.5 Å². The molecule has 0 aromatic heterocycles. The summed E-state index contributed by atoms with van der Waals surface area (Å²) >= 11 is 0. The second-order valence-electron chi connectivity index (χ2n) is 6.93. The molecule has 2 unspecified atom stereocenters. The summed E-state index contributed by atoms with van der Waals surface area (Å²) < 4.78 is 12.1. The van der Waals surface area contributed by atoms with Gasteiger partial charge in [0.1, 0.15) is 5.60 Å². The Bertz CT molecular complexity index is 646. The fraction of sp³-hybridized carbons (Fsp3) is 0.429. The fourth-order valence-electron chi connectivity index (χ4n) is 5.04. The van der Waals surface area contributed by atoms with Gasteiger partial charge in [0.15, 0.2) is 5.79 Å². The van der Waals surface area contributed by atoms with Crippen LogP contribution in [0.3, 0.4) is 0 Å². The lowest BCUT2D eigenvalue weighted by atomic mass is 9.61. The van der Waals surface area contributed by atoms with Crippen LogP contribution in [-0.2, 0) is 15.1 Å². The van der Waals surface area contributed by atoms with E-state index in [0.717, 1.165) is 36.8 Å². The number of methoxy groups -OCH3 is 1. The first-order chi connectivity index (χ1) is 11.7. The normalized spacial score (nSPS) is 29.6. The largest absolute Gasteiger partial charge is 0.380 e. The first-order valence-electron chi connectivity index (χ1n) is 8.71. The Balaban J connectivity index is 1.98. The van der Waals surface area contributed by atoms with Gasteiger partial charge in [0.2, 0.25) is 0 Å². The van der Waals surface area contributed by atoms with Crippen molar-refractivity contribution in [2.24, 2.45) is 5.41 Å². The van der Waals surface area contributed by atoms with Crippen LogP contribution in [0.4, 0.5) is 0 Å². The Morgan fingerprint density at radius 3 is 2.04 bits per heavy atom. The summed E-state index contributed by atoms with van der Waals surface area (Å²) in [6.07, 6.45) is 3.50. The number of benzene rings is 2. The quantitative estimate of drug-likeness (QED) is 0.928. The van der Waals surface area contributed by atoms with Crippen LogP contribution in [0.15, 0.2) is 60.7 Å². The lowest BCUT2D eigenvalue weighted by Crippen LogP contribution is -2.56. The summed E-state index contributed by atoms with van der Waals surface area (Å²) in [7, 11) is 1.71. The first kappa shape index (κ1) is 15.8. The summed E-state index contributed by atoms with van der Waals surface area (Å²) in [5, 5.41) is 12.3. The molecule has 0 bridgehead atoms. The highest BCUT2D eigenvalue weighted by Crippen LogP contribution is 2.65. The van der Waals surface area contributed by atoms with Crippen molar-refractivity contribution in [3.63, 3.8) is 0 Å². The van der Waals surface area contributed by atoms with Crippen LogP contribution in [0.1, 0.15) is 36.8 Å². The number of aliphatic hydroxyl groups is 1. The van der Waals surface area contributed by atoms with Crippen LogP contribution in [0.5, 0.6) is 0 Å². The van der Waals surface area contributed by atoms with Crippen molar-refractivity contribution in [1.29, 1.82) is 0 Å². The molecule has 2 aliphatic rings. The van der Waals surface area contributed by atoms with Gasteiger partial charge in [0.05, 0.1) is 12.0 Å². The smallest absolute Gasteiger partial charge is 0.176 e. The lowest BCUT2D eigenvalue weighted by molar-refractivity contribution is -0.268. The Morgan fingerprint density at radius 2 is 1.50 bits per heavy atom. The van der Waals surface area contributed by atoms with Gasteiger partial charge in [-0.15, -0.1) is 0 Å². The predicted molar refractivity (Wildman–Crippen MR) is 92.5 cm³/mol. The van der Waals surface area contributed by atoms with E-state index < -0.39 is 16.8 Å². The zero-order valence-electron chi connectivity index (χ0n) is 14.1. The van der Waals surface area contributed by atoms with Crippen molar-refractivity contribution in [3.05, 3.63) is 71.8 Å². The first-order valence-corrected chi connectivity index (χ1v) is 8.71. The summed E-state index contributed by atoms with van der Waals surface area (Å²) in [5.41, 5.74) is 0.200. The SMILES string of the molecule is COC12CCCC1(C(O)(c1ccccc1)c1ccccc1)CCO2. The van der Waals surface area contributed by atoms with Crippen molar-refractivity contribution in [2.45, 2.75) is 37.1 Å². The van der Waals surface area contributed by atoms with Crippen LogP contribution in [0, 0.1) is 5.41 Å². The number of ether oxygens (including phenoxy) is 2. The van der Waals surface area contributed by atoms with Crippen molar-refractivity contribution in [1.82, 2.24) is 0 Å². The Morgan fingerprint density at radius 1 is 0.917 bits per heavy atom. The number of hydrogen-bond donors (Lipinski definition) is 1. The van der Waals surface area contributed by atoms with Crippen molar-refractivity contribution in [2.75, 3.05) is 13.7 Å². The highest BCUT2D eigenvalue weighted by molar-refractivity contribution is 5.41. The van der Waals surface area contributed by atoms with E-state index >= 15 is 0 Å². The van der Waals surface area contributed by atoms with E-state index in [1.54, 1.807) is 7.11 Å². The molecule has 3 nitrogen and oxygen atoms in total. The minimum Gasteiger partial charge on any atom is -0.380 e. The average molecular weight is 324 g/mol.